The quantitative estimate of drug-likeness (QED) is 0.901. The van der Waals surface area contributed by atoms with Gasteiger partial charge in [0.05, 0.1) is 0 Å². The molecule has 1 saturated carbocycles. The molecule has 2 unspecified atom stereocenters. The van der Waals surface area contributed by atoms with Gasteiger partial charge in [0, 0.05) is 16.1 Å². The molecule has 98 valence electrons. The average molecular weight is 311 g/mol. The van der Waals surface area contributed by atoms with Crippen molar-refractivity contribution >= 4 is 27.5 Å². The summed E-state index contributed by atoms with van der Waals surface area (Å²) in [7, 11) is 0. The predicted octanol–water partition coefficient (Wildman–Crippen LogP) is 3.07. The zero-order chi connectivity index (χ0) is 13.1. The van der Waals surface area contributed by atoms with Gasteiger partial charge in [0.1, 0.15) is 0 Å². The van der Waals surface area contributed by atoms with E-state index in [1.165, 1.54) is 0 Å². The van der Waals surface area contributed by atoms with Crippen molar-refractivity contribution in [2.75, 3.05) is 11.9 Å². The lowest BCUT2D eigenvalue weighted by molar-refractivity contribution is -0.120. The standard InChI is InChI=1S/C14H19BrN2O/c1-9-7-11(5-6-13(9)15)17-14(18)12-4-2-3-10(12)8-16/h5-7,10,12H,2-4,8,16H2,1H3,(H,17,18). The van der Waals surface area contributed by atoms with Crippen LogP contribution in [0.2, 0.25) is 0 Å². The summed E-state index contributed by atoms with van der Waals surface area (Å²) in [4.78, 5) is 12.2. The SMILES string of the molecule is Cc1cc(NC(=O)C2CCCC2CN)ccc1Br. The second-order valence-electron chi connectivity index (χ2n) is 4.99. The van der Waals surface area contributed by atoms with Gasteiger partial charge in [-0.15, -0.1) is 0 Å². The number of nitrogens with two attached hydrogens (primary N) is 1. The van der Waals surface area contributed by atoms with Gasteiger partial charge in [-0.25, -0.2) is 0 Å². The normalized spacial score (nSPS) is 23.1. The van der Waals surface area contributed by atoms with Gasteiger partial charge >= 0.3 is 0 Å². The van der Waals surface area contributed by atoms with Crippen LogP contribution in [0.4, 0.5) is 5.69 Å². The van der Waals surface area contributed by atoms with E-state index in [4.69, 9.17) is 5.73 Å². The van der Waals surface area contributed by atoms with Crippen LogP contribution in [0.1, 0.15) is 24.8 Å². The number of benzene rings is 1. The molecule has 18 heavy (non-hydrogen) atoms. The maximum absolute atomic E-state index is 12.2. The van der Waals surface area contributed by atoms with Crippen molar-refractivity contribution in [1.29, 1.82) is 0 Å². The maximum atomic E-state index is 12.2. The van der Waals surface area contributed by atoms with Crippen molar-refractivity contribution in [2.45, 2.75) is 26.2 Å². The number of carbonyl (C=O) groups is 1. The Morgan fingerprint density at radius 2 is 2.28 bits per heavy atom. The van der Waals surface area contributed by atoms with E-state index in [0.29, 0.717) is 12.5 Å². The number of anilines is 1. The molecule has 0 radical (unpaired) electrons. The number of rotatable bonds is 3. The molecule has 3 N–H and O–H groups in total. The molecule has 0 aliphatic heterocycles. The fourth-order valence-corrected chi connectivity index (χ4v) is 2.87. The molecular weight excluding hydrogens is 292 g/mol. The molecule has 0 bridgehead atoms. The lowest BCUT2D eigenvalue weighted by Crippen LogP contribution is -2.29. The fourth-order valence-electron chi connectivity index (χ4n) is 2.62. The molecule has 0 heterocycles. The monoisotopic (exact) mass is 310 g/mol. The van der Waals surface area contributed by atoms with Gasteiger partial charge in [-0.3, -0.25) is 4.79 Å². The number of hydrogen-bond donors (Lipinski definition) is 2. The molecule has 0 aromatic heterocycles. The molecule has 4 heteroatoms. The van der Waals surface area contributed by atoms with Crippen LogP contribution in [-0.4, -0.2) is 12.5 Å². The third-order valence-corrected chi connectivity index (χ3v) is 4.61. The van der Waals surface area contributed by atoms with Crippen molar-refractivity contribution in [3.63, 3.8) is 0 Å². The van der Waals surface area contributed by atoms with Gasteiger partial charge < -0.3 is 11.1 Å². The molecule has 2 atom stereocenters. The van der Waals surface area contributed by atoms with Crippen LogP contribution in [0.3, 0.4) is 0 Å². The highest BCUT2D eigenvalue weighted by Gasteiger charge is 2.31. The smallest absolute Gasteiger partial charge is 0.227 e. The summed E-state index contributed by atoms with van der Waals surface area (Å²) in [6, 6.07) is 5.86. The van der Waals surface area contributed by atoms with Crippen molar-refractivity contribution < 1.29 is 4.79 Å². The summed E-state index contributed by atoms with van der Waals surface area (Å²) >= 11 is 3.45. The van der Waals surface area contributed by atoms with Crippen molar-refractivity contribution in [1.82, 2.24) is 0 Å². The second-order valence-corrected chi connectivity index (χ2v) is 5.84. The number of carbonyl (C=O) groups excluding carboxylic acids is 1. The highest BCUT2D eigenvalue weighted by atomic mass is 79.9. The van der Waals surface area contributed by atoms with E-state index in [2.05, 4.69) is 21.2 Å². The van der Waals surface area contributed by atoms with Crippen LogP contribution >= 0.6 is 15.9 Å². The van der Waals surface area contributed by atoms with Crippen molar-refractivity contribution in [2.24, 2.45) is 17.6 Å². The first-order valence-electron chi connectivity index (χ1n) is 6.39. The Balaban J connectivity index is 2.04. The number of hydrogen-bond acceptors (Lipinski definition) is 2. The summed E-state index contributed by atoms with van der Waals surface area (Å²) in [6.07, 6.45) is 3.15. The van der Waals surface area contributed by atoms with E-state index in [9.17, 15) is 4.79 Å². The first-order chi connectivity index (χ1) is 8.61. The van der Waals surface area contributed by atoms with Gasteiger partial charge in [0.2, 0.25) is 5.91 Å². The molecule has 3 nitrogen and oxygen atoms in total. The Bertz CT molecular complexity index is 447. The molecule has 1 amide bonds. The van der Waals surface area contributed by atoms with Gasteiger partial charge in [0.25, 0.3) is 0 Å². The molecule has 1 aromatic rings. The van der Waals surface area contributed by atoms with E-state index in [1.54, 1.807) is 0 Å². The topological polar surface area (TPSA) is 55.1 Å². The third-order valence-electron chi connectivity index (χ3n) is 3.72. The molecule has 1 aliphatic rings. The molecule has 1 aromatic carbocycles. The number of nitrogens with one attached hydrogen (secondary N) is 1. The summed E-state index contributed by atoms with van der Waals surface area (Å²) in [5.74, 6) is 0.546. The minimum Gasteiger partial charge on any atom is -0.330 e. The second kappa shape index (κ2) is 5.85. The van der Waals surface area contributed by atoms with E-state index >= 15 is 0 Å². The van der Waals surface area contributed by atoms with Gasteiger partial charge in [0.15, 0.2) is 0 Å². The Hall–Kier alpha value is -0.870. The van der Waals surface area contributed by atoms with Gasteiger partial charge in [-0.2, -0.15) is 0 Å². The van der Waals surface area contributed by atoms with Crippen molar-refractivity contribution in [3.8, 4) is 0 Å². The number of halogens is 1. The molecule has 1 aliphatic carbocycles. The summed E-state index contributed by atoms with van der Waals surface area (Å²) in [6.45, 7) is 2.62. The highest BCUT2D eigenvalue weighted by Crippen LogP contribution is 2.32. The van der Waals surface area contributed by atoms with Gasteiger partial charge in [-0.1, -0.05) is 22.4 Å². The van der Waals surface area contributed by atoms with Crippen LogP contribution in [0.25, 0.3) is 0 Å². The Kier molecular flexibility index (Phi) is 4.40. The van der Waals surface area contributed by atoms with E-state index in [1.807, 2.05) is 25.1 Å². The Morgan fingerprint density at radius 1 is 1.50 bits per heavy atom. The molecule has 2 rings (SSSR count). The third kappa shape index (κ3) is 2.93. The number of amides is 1. The van der Waals surface area contributed by atoms with Crippen LogP contribution in [0, 0.1) is 18.8 Å². The maximum Gasteiger partial charge on any atom is 0.227 e. The fraction of sp³-hybridized carbons (Fsp3) is 0.500. The summed E-state index contributed by atoms with van der Waals surface area (Å²) in [5.41, 5.74) is 7.70. The minimum atomic E-state index is 0.0824. The minimum absolute atomic E-state index is 0.0824. The first kappa shape index (κ1) is 13.6. The van der Waals surface area contributed by atoms with E-state index in [-0.39, 0.29) is 11.8 Å². The lowest BCUT2D eigenvalue weighted by atomic mass is 9.95. The largest absolute Gasteiger partial charge is 0.330 e. The van der Waals surface area contributed by atoms with Crippen LogP contribution in [0.15, 0.2) is 22.7 Å². The molecule has 0 spiro atoms. The molecular formula is C14H19BrN2O. The summed E-state index contributed by atoms with van der Waals surface area (Å²) in [5, 5.41) is 3.00. The Morgan fingerprint density at radius 3 is 2.94 bits per heavy atom. The first-order valence-corrected chi connectivity index (χ1v) is 7.18. The Labute approximate surface area is 116 Å². The van der Waals surface area contributed by atoms with Crippen molar-refractivity contribution in [3.05, 3.63) is 28.2 Å². The predicted molar refractivity (Wildman–Crippen MR) is 77.4 cm³/mol. The zero-order valence-corrected chi connectivity index (χ0v) is 12.2. The van der Waals surface area contributed by atoms with Gasteiger partial charge in [-0.05, 0) is 56.0 Å². The molecule has 0 saturated heterocycles. The summed E-state index contributed by atoms with van der Waals surface area (Å²) < 4.78 is 1.06. The highest BCUT2D eigenvalue weighted by molar-refractivity contribution is 9.10. The average Bonchev–Trinajstić information content (AvgIpc) is 2.82. The number of aryl methyl sites for hydroxylation is 1. The van der Waals surface area contributed by atoms with Crippen LogP contribution < -0.4 is 11.1 Å². The van der Waals surface area contributed by atoms with E-state index in [0.717, 1.165) is 35.0 Å². The van der Waals surface area contributed by atoms with Crippen LogP contribution in [0.5, 0.6) is 0 Å². The van der Waals surface area contributed by atoms with Crippen LogP contribution in [-0.2, 0) is 4.79 Å². The molecule has 1 fully saturated rings. The van der Waals surface area contributed by atoms with E-state index < -0.39 is 0 Å². The zero-order valence-electron chi connectivity index (χ0n) is 10.6. The lowest BCUT2D eigenvalue weighted by Gasteiger charge is -2.17.